The number of methoxy groups -OCH3 is 1. The quantitative estimate of drug-likeness (QED) is 0.694. The van der Waals surface area contributed by atoms with Crippen LogP contribution in [0.2, 0.25) is 0 Å². The van der Waals surface area contributed by atoms with Crippen LogP contribution < -0.4 is 14.8 Å². The molecule has 1 saturated heterocycles. The van der Waals surface area contributed by atoms with Crippen LogP contribution in [0.1, 0.15) is 42.9 Å². The van der Waals surface area contributed by atoms with Crippen molar-refractivity contribution in [3.63, 3.8) is 0 Å². The van der Waals surface area contributed by atoms with E-state index in [4.69, 9.17) is 9.47 Å². The second-order valence-corrected chi connectivity index (χ2v) is 8.89. The molecule has 1 aromatic heterocycles. The van der Waals surface area contributed by atoms with Gasteiger partial charge in [0.15, 0.2) is 16.6 Å². The van der Waals surface area contributed by atoms with Gasteiger partial charge in [-0.3, -0.25) is 9.59 Å². The van der Waals surface area contributed by atoms with Crippen LogP contribution in [0.3, 0.4) is 0 Å². The maximum Gasteiger partial charge on any atom is 0.245 e. The molecule has 1 unspecified atom stereocenters. The summed E-state index contributed by atoms with van der Waals surface area (Å²) in [6.07, 6.45) is 4.10. The molecule has 0 spiro atoms. The van der Waals surface area contributed by atoms with Crippen LogP contribution in [0.5, 0.6) is 11.5 Å². The molecule has 2 aliphatic rings. The number of nitrogens with zero attached hydrogens (tertiary/aromatic N) is 2. The molecule has 1 aliphatic heterocycles. The molecule has 2 fully saturated rings. The molecule has 1 saturated carbocycles. The summed E-state index contributed by atoms with van der Waals surface area (Å²) in [6.45, 7) is 3.12. The first-order valence-corrected chi connectivity index (χ1v) is 11.2. The Bertz CT molecular complexity index is 925. The highest BCUT2D eigenvalue weighted by molar-refractivity contribution is 7.13. The van der Waals surface area contributed by atoms with Gasteiger partial charge < -0.3 is 19.7 Å². The molecule has 1 N–H and O–H groups in total. The summed E-state index contributed by atoms with van der Waals surface area (Å²) in [5.74, 6) is 1.85. The highest BCUT2D eigenvalue weighted by Gasteiger charge is 2.32. The Balaban J connectivity index is 1.38. The number of thiazole rings is 1. The van der Waals surface area contributed by atoms with Gasteiger partial charge in [0.2, 0.25) is 11.8 Å². The molecule has 0 radical (unpaired) electrons. The average Bonchev–Trinajstić information content (AvgIpc) is 3.25. The molecule has 30 heavy (non-hydrogen) atoms. The van der Waals surface area contributed by atoms with Gasteiger partial charge in [0.05, 0.1) is 26.0 Å². The molecule has 1 aliphatic carbocycles. The van der Waals surface area contributed by atoms with E-state index < -0.39 is 0 Å². The van der Waals surface area contributed by atoms with Gasteiger partial charge in [0, 0.05) is 24.3 Å². The Morgan fingerprint density at radius 2 is 2.17 bits per heavy atom. The SMILES string of the molecule is COc1ccc(C2CC(=O)N(CC(=O)Nc3nc(C)cs3)C2)cc1OCC1CCC1. The van der Waals surface area contributed by atoms with Crippen molar-refractivity contribution in [1.82, 2.24) is 9.88 Å². The molecule has 0 bridgehead atoms. The number of anilines is 1. The Hall–Kier alpha value is -2.61. The number of ether oxygens (including phenoxy) is 2. The number of carbonyl (C=O) groups is 2. The topological polar surface area (TPSA) is 80.8 Å². The Kier molecular flexibility index (Phi) is 6.22. The van der Waals surface area contributed by atoms with Crippen LogP contribution in [0.15, 0.2) is 23.6 Å². The minimum atomic E-state index is -0.224. The summed E-state index contributed by atoms with van der Waals surface area (Å²) in [5, 5.41) is 5.20. The van der Waals surface area contributed by atoms with Gasteiger partial charge in [0.1, 0.15) is 0 Å². The van der Waals surface area contributed by atoms with Gasteiger partial charge in [-0.1, -0.05) is 12.5 Å². The maximum absolute atomic E-state index is 12.5. The monoisotopic (exact) mass is 429 g/mol. The first kappa shape index (κ1) is 20.7. The van der Waals surface area contributed by atoms with E-state index in [1.54, 1.807) is 12.0 Å². The molecule has 4 rings (SSSR count). The number of aromatic nitrogens is 1. The predicted molar refractivity (Wildman–Crippen MR) is 115 cm³/mol. The number of rotatable bonds is 8. The molecule has 8 heteroatoms. The van der Waals surface area contributed by atoms with Crippen molar-refractivity contribution in [2.45, 2.75) is 38.5 Å². The van der Waals surface area contributed by atoms with Crippen LogP contribution in [-0.4, -0.2) is 48.5 Å². The van der Waals surface area contributed by atoms with Crippen molar-refractivity contribution in [2.24, 2.45) is 5.92 Å². The normalized spacial score (nSPS) is 18.9. The maximum atomic E-state index is 12.5. The molecular weight excluding hydrogens is 402 g/mol. The molecule has 2 amide bonds. The summed E-state index contributed by atoms with van der Waals surface area (Å²) < 4.78 is 11.5. The zero-order chi connectivity index (χ0) is 21.1. The fourth-order valence-corrected chi connectivity index (χ4v) is 4.52. The third-order valence-corrected chi connectivity index (χ3v) is 6.65. The fourth-order valence-electron chi connectivity index (χ4n) is 3.82. The number of hydrogen-bond acceptors (Lipinski definition) is 6. The van der Waals surface area contributed by atoms with Crippen molar-refractivity contribution in [1.29, 1.82) is 0 Å². The van der Waals surface area contributed by atoms with Gasteiger partial charge in [-0.15, -0.1) is 11.3 Å². The highest BCUT2D eigenvalue weighted by atomic mass is 32.1. The minimum Gasteiger partial charge on any atom is -0.493 e. The molecule has 160 valence electrons. The number of hydrogen-bond donors (Lipinski definition) is 1. The average molecular weight is 430 g/mol. The zero-order valence-corrected chi connectivity index (χ0v) is 18.2. The van der Waals surface area contributed by atoms with Crippen LogP contribution in [0.25, 0.3) is 0 Å². The van der Waals surface area contributed by atoms with Gasteiger partial charge >= 0.3 is 0 Å². The third kappa shape index (κ3) is 4.75. The summed E-state index contributed by atoms with van der Waals surface area (Å²) in [5.41, 5.74) is 1.90. The summed E-state index contributed by atoms with van der Waals surface area (Å²) >= 11 is 1.38. The van der Waals surface area contributed by atoms with E-state index in [9.17, 15) is 9.59 Å². The van der Waals surface area contributed by atoms with Gasteiger partial charge in [-0.05, 0) is 43.4 Å². The van der Waals surface area contributed by atoms with E-state index in [1.165, 1.54) is 30.6 Å². The van der Waals surface area contributed by atoms with Gasteiger partial charge in [-0.25, -0.2) is 4.98 Å². The van der Waals surface area contributed by atoms with Crippen molar-refractivity contribution in [3.8, 4) is 11.5 Å². The van der Waals surface area contributed by atoms with E-state index in [2.05, 4.69) is 10.3 Å². The largest absolute Gasteiger partial charge is 0.493 e. The standard InChI is InChI=1S/C22H27N3O4S/c1-14-13-30-22(23-14)24-20(26)11-25-10-17(9-21(25)27)16-6-7-18(28-2)19(8-16)29-12-15-4-3-5-15/h6-8,13,15,17H,3-5,9-12H2,1-2H3,(H,23,24,26). The van der Waals surface area contributed by atoms with E-state index in [0.29, 0.717) is 36.4 Å². The molecule has 1 aromatic carbocycles. The predicted octanol–water partition coefficient (Wildman–Crippen LogP) is 3.59. The number of likely N-dealkylation sites (tertiary alicyclic amines) is 1. The molecule has 1 atom stereocenters. The van der Waals surface area contributed by atoms with Crippen molar-refractivity contribution >= 4 is 28.3 Å². The Labute approximate surface area is 180 Å². The number of amides is 2. The second kappa shape index (κ2) is 9.04. The smallest absolute Gasteiger partial charge is 0.245 e. The van der Waals surface area contributed by atoms with Gasteiger partial charge in [-0.2, -0.15) is 0 Å². The Morgan fingerprint density at radius 3 is 2.83 bits per heavy atom. The first-order chi connectivity index (χ1) is 14.5. The minimum absolute atomic E-state index is 0.0155. The molecular formula is C22H27N3O4S. The lowest BCUT2D eigenvalue weighted by Gasteiger charge is -2.25. The number of benzene rings is 1. The highest BCUT2D eigenvalue weighted by Crippen LogP contribution is 2.36. The van der Waals surface area contributed by atoms with E-state index in [0.717, 1.165) is 17.0 Å². The summed E-state index contributed by atoms with van der Waals surface area (Å²) in [4.78, 5) is 30.6. The third-order valence-electron chi connectivity index (χ3n) is 5.77. The number of aryl methyl sites for hydroxylation is 1. The van der Waals surface area contributed by atoms with Crippen LogP contribution >= 0.6 is 11.3 Å². The summed E-state index contributed by atoms with van der Waals surface area (Å²) in [6, 6.07) is 5.86. The molecule has 2 heterocycles. The number of nitrogens with one attached hydrogen (secondary N) is 1. The molecule has 7 nitrogen and oxygen atoms in total. The van der Waals surface area contributed by atoms with E-state index >= 15 is 0 Å². The molecule has 2 aromatic rings. The zero-order valence-electron chi connectivity index (χ0n) is 17.3. The van der Waals surface area contributed by atoms with Crippen LogP contribution in [-0.2, 0) is 9.59 Å². The van der Waals surface area contributed by atoms with Crippen LogP contribution in [0.4, 0.5) is 5.13 Å². The van der Waals surface area contributed by atoms with Crippen molar-refractivity contribution in [2.75, 3.05) is 32.1 Å². The van der Waals surface area contributed by atoms with Crippen LogP contribution in [0, 0.1) is 12.8 Å². The van der Waals surface area contributed by atoms with E-state index in [-0.39, 0.29) is 24.3 Å². The summed E-state index contributed by atoms with van der Waals surface area (Å²) in [7, 11) is 1.63. The van der Waals surface area contributed by atoms with E-state index in [1.807, 2.05) is 30.5 Å². The lowest BCUT2D eigenvalue weighted by atomic mass is 9.86. The number of carbonyl (C=O) groups excluding carboxylic acids is 2. The lowest BCUT2D eigenvalue weighted by Crippen LogP contribution is -2.34. The van der Waals surface area contributed by atoms with Gasteiger partial charge in [0.25, 0.3) is 0 Å². The second-order valence-electron chi connectivity index (χ2n) is 8.04. The van der Waals surface area contributed by atoms with Crippen molar-refractivity contribution in [3.05, 3.63) is 34.8 Å². The lowest BCUT2D eigenvalue weighted by molar-refractivity contribution is -0.131. The Morgan fingerprint density at radius 1 is 1.33 bits per heavy atom. The fraction of sp³-hybridized carbons (Fsp3) is 0.500. The first-order valence-electron chi connectivity index (χ1n) is 10.3. The van der Waals surface area contributed by atoms with Crippen molar-refractivity contribution < 1.29 is 19.1 Å².